The highest BCUT2D eigenvalue weighted by molar-refractivity contribution is 7.84. The zero-order valence-electron chi connectivity index (χ0n) is 8.47. The molecule has 0 aliphatic heterocycles. The highest BCUT2D eigenvalue weighted by Gasteiger charge is 2.23. The second-order valence-electron chi connectivity index (χ2n) is 2.93. The van der Waals surface area contributed by atoms with E-state index in [2.05, 4.69) is 6.07 Å². The maximum Gasteiger partial charge on any atom is 0.0962 e. The molecule has 4 N–H and O–H groups in total. The number of fused-ring (bicyclic) bond motifs is 2. The van der Waals surface area contributed by atoms with Gasteiger partial charge >= 0.3 is 0 Å². The minimum Gasteiger partial charge on any atom is -0.748 e. The van der Waals surface area contributed by atoms with Crippen molar-refractivity contribution in [2.24, 2.45) is 5.92 Å². The van der Waals surface area contributed by atoms with Gasteiger partial charge in [-0.2, -0.15) is 5.26 Å². The lowest BCUT2D eigenvalue weighted by Crippen LogP contribution is -1.89. The van der Waals surface area contributed by atoms with Gasteiger partial charge in [0.1, 0.15) is 0 Å². The lowest BCUT2D eigenvalue weighted by atomic mass is 10.1. The standard InChI is InChI=1S/C8H5N.CH4O3S.H3N/c9-5-8-6-1-2-7(8)4-3-6;1-5(2,3)4;/h1-4,8H;1H3,(H,2,3,4);1H3. The van der Waals surface area contributed by atoms with Crippen molar-refractivity contribution in [1.29, 1.82) is 5.26 Å². The summed E-state index contributed by atoms with van der Waals surface area (Å²) >= 11 is 0. The topological polar surface area (TPSA) is 117 Å². The molecule has 0 fully saturated rings. The number of allylic oxidation sites excluding steroid dienone is 6. The largest absolute Gasteiger partial charge is 0.748 e. The molecule has 0 unspecified atom stereocenters. The van der Waals surface area contributed by atoms with Crippen molar-refractivity contribution in [1.82, 2.24) is 6.15 Å². The average Bonchev–Trinajstić information content (AvgIpc) is 2.58. The van der Waals surface area contributed by atoms with Crippen molar-refractivity contribution >= 4 is 10.1 Å². The molecule has 0 amide bonds. The Morgan fingerprint density at radius 2 is 1.67 bits per heavy atom. The summed E-state index contributed by atoms with van der Waals surface area (Å²) in [5, 5.41) is 8.58. The van der Waals surface area contributed by atoms with Crippen molar-refractivity contribution < 1.29 is 13.0 Å². The van der Waals surface area contributed by atoms with Gasteiger partial charge in [0.25, 0.3) is 0 Å². The smallest absolute Gasteiger partial charge is 0.0962 e. The van der Waals surface area contributed by atoms with E-state index < -0.39 is 10.1 Å². The first-order valence-corrected chi connectivity index (χ1v) is 5.64. The number of nitriles is 1. The minimum atomic E-state index is -3.92. The zero-order valence-corrected chi connectivity index (χ0v) is 9.28. The van der Waals surface area contributed by atoms with Gasteiger partial charge in [0.2, 0.25) is 0 Å². The van der Waals surface area contributed by atoms with Gasteiger partial charge in [-0.05, 0) is 11.1 Å². The molecular weight excluding hydrogens is 216 g/mol. The molecule has 0 aromatic heterocycles. The van der Waals surface area contributed by atoms with Gasteiger partial charge in [-0.15, -0.1) is 0 Å². The van der Waals surface area contributed by atoms with Crippen LogP contribution in [0.25, 0.3) is 0 Å². The van der Waals surface area contributed by atoms with E-state index in [1.807, 2.05) is 24.3 Å². The Morgan fingerprint density at radius 3 is 1.80 bits per heavy atom. The Bertz CT molecular complexity index is 436. The van der Waals surface area contributed by atoms with Gasteiger partial charge in [-0.3, -0.25) is 0 Å². The summed E-state index contributed by atoms with van der Waals surface area (Å²) in [6.45, 7) is 0. The van der Waals surface area contributed by atoms with E-state index in [9.17, 15) is 0 Å². The van der Waals surface area contributed by atoms with Crippen LogP contribution < -0.4 is 6.15 Å². The molecule has 0 atom stereocenters. The quantitative estimate of drug-likeness (QED) is 0.624. The van der Waals surface area contributed by atoms with E-state index in [-0.39, 0.29) is 12.1 Å². The Hall–Kier alpha value is -1.42. The first kappa shape index (κ1) is 13.6. The summed E-state index contributed by atoms with van der Waals surface area (Å²) in [6, 6.07) is 2.23. The summed E-state index contributed by atoms with van der Waals surface area (Å²) < 4.78 is 27.2. The molecule has 5 nitrogen and oxygen atoms in total. The monoisotopic (exact) mass is 228 g/mol. The number of rotatable bonds is 0. The molecule has 2 bridgehead atoms. The molecule has 0 saturated heterocycles. The van der Waals surface area contributed by atoms with Crippen LogP contribution in [0.3, 0.4) is 0 Å². The van der Waals surface area contributed by atoms with Gasteiger partial charge in [0.15, 0.2) is 0 Å². The first-order valence-electron chi connectivity index (χ1n) is 3.82. The molecule has 0 spiro atoms. The van der Waals surface area contributed by atoms with E-state index in [4.69, 9.17) is 18.2 Å². The Kier molecular flexibility index (Phi) is 4.42. The van der Waals surface area contributed by atoms with Crippen molar-refractivity contribution in [3.63, 3.8) is 0 Å². The van der Waals surface area contributed by atoms with Gasteiger partial charge in [0.05, 0.1) is 22.1 Å². The van der Waals surface area contributed by atoms with E-state index in [0.29, 0.717) is 6.26 Å². The summed E-state index contributed by atoms with van der Waals surface area (Å²) in [5.74, 6) is 0.0602. The average molecular weight is 228 g/mol. The van der Waals surface area contributed by atoms with Crippen molar-refractivity contribution in [3.8, 4) is 6.07 Å². The third kappa shape index (κ3) is 4.08. The molecule has 2 aliphatic rings. The molecule has 6 heteroatoms. The van der Waals surface area contributed by atoms with Crippen LogP contribution in [0.1, 0.15) is 0 Å². The number of nitrogens with zero attached hydrogens (tertiary/aromatic N) is 1. The SMILES string of the molecule is CS(=O)(=O)[O-].N#CC1C2=CC=C1C=C2.[NH4+]. The van der Waals surface area contributed by atoms with Gasteiger partial charge in [0, 0.05) is 6.26 Å². The highest BCUT2D eigenvalue weighted by Crippen LogP contribution is 2.33. The fourth-order valence-electron chi connectivity index (χ4n) is 1.22. The molecule has 15 heavy (non-hydrogen) atoms. The molecule has 0 aromatic rings. The van der Waals surface area contributed by atoms with Gasteiger partial charge < -0.3 is 10.7 Å². The molecular formula is C9H12N2O3S. The lowest BCUT2D eigenvalue weighted by molar-refractivity contribution is 0.470. The van der Waals surface area contributed by atoms with Crippen molar-refractivity contribution in [3.05, 3.63) is 35.5 Å². The molecule has 2 rings (SSSR count). The van der Waals surface area contributed by atoms with Crippen molar-refractivity contribution in [2.45, 2.75) is 0 Å². The number of hydrogen-bond donors (Lipinski definition) is 1. The lowest BCUT2D eigenvalue weighted by Gasteiger charge is -1.93. The fourth-order valence-corrected chi connectivity index (χ4v) is 1.22. The summed E-state index contributed by atoms with van der Waals surface area (Å²) in [4.78, 5) is 0. The van der Waals surface area contributed by atoms with Crippen LogP contribution in [-0.4, -0.2) is 19.2 Å². The number of quaternary nitrogens is 1. The molecule has 0 heterocycles. The van der Waals surface area contributed by atoms with Crippen LogP contribution in [0.15, 0.2) is 35.5 Å². The summed E-state index contributed by atoms with van der Waals surface area (Å²) in [6.07, 6.45) is 8.62. The Morgan fingerprint density at radius 1 is 1.33 bits per heavy atom. The van der Waals surface area contributed by atoms with Crippen LogP contribution in [0.2, 0.25) is 0 Å². The molecule has 0 aromatic carbocycles. The van der Waals surface area contributed by atoms with Crippen LogP contribution in [0.4, 0.5) is 0 Å². The van der Waals surface area contributed by atoms with Crippen LogP contribution in [0, 0.1) is 17.2 Å². The molecule has 82 valence electrons. The Balaban J connectivity index is 0.000000289. The molecule has 2 aliphatic carbocycles. The van der Waals surface area contributed by atoms with Crippen LogP contribution in [-0.2, 0) is 10.1 Å². The van der Waals surface area contributed by atoms with E-state index in [0.717, 1.165) is 11.1 Å². The van der Waals surface area contributed by atoms with Crippen LogP contribution >= 0.6 is 0 Å². The summed E-state index contributed by atoms with van der Waals surface area (Å²) in [5.41, 5.74) is 2.29. The third-order valence-corrected chi connectivity index (χ3v) is 1.73. The van der Waals surface area contributed by atoms with Crippen LogP contribution in [0.5, 0.6) is 0 Å². The zero-order chi connectivity index (χ0) is 10.8. The number of hydrogen-bond acceptors (Lipinski definition) is 4. The third-order valence-electron chi connectivity index (χ3n) is 1.73. The second-order valence-corrected chi connectivity index (χ2v) is 4.34. The summed E-state index contributed by atoms with van der Waals surface area (Å²) in [7, 11) is -3.92. The van der Waals surface area contributed by atoms with Gasteiger partial charge in [-0.1, -0.05) is 24.3 Å². The second kappa shape index (κ2) is 4.89. The normalized spacial score (nSPS) is 16.9. The van der Waals surface area contributed by atoms with E-state index in [1.165, 1.54) is 0 Å². The molecule has 0 radical (unpaired) electrons. The van der Waals surface area contributed by atoms with Gasteiger partial charge in [-0.25, -0.2) is 8.42 Å². The predicted octanol–water partition coefficient (Wildman–Crippen LogP) is 1.10. The fraction of sp³-hybridized carbons (Fsp3) is 0.222. The maximum atomic E-state index is 9.08. The predicted molar refractivity (Wildman–Crippen MR) is 56.0 cm³/mol. The molecule has 0 saturated carbocycles. The van der Waals surface area contributed by atoms with Crippen molar-refractivity contribution in [2.75, 3.05) is 6.26 Å². The maximum absolute atomic E-state index is 9.08. The minimum absolute atomic E-state index is 0. The Labute approximate surface area is 88.7 Å². The first-order chi connectivity index (χ1) is 6.42. The van der Waals surface area contributed by atoms with E-state index in [1.54, 1.807) is 0 Å². The van der Waals surface area contributed by atoms with E-state index >= 15 is 0 Å². The highest BCUT2D eigenvalue weighted by atomic mass is 32.2.